The van der Waals surface area contributed by atoms with E-state index in [0.717, 1.165) is 10.4 Å². The number of anilines is 1. The Morgan fingerprint density at radius 3 is 2.60 bits per heavy atom. The molecule has 2 N–H and O–H groups in total. The summed E-state index contributed by atoms with van der Waals surface area (Å²) in [5.41, 5.74) is 6.34. The third-order valence-electron chi connectivity index (χ3n) is 3.01. The summed E-state index contributed by atoms with van der Waals surface area (Å²) in [4.78, 5) is 11.1. The molecule has 0 saturated heterocycles. The Kier molecular flexibility index (Phi) is 4.14. The molecule has 0 aliphatic heterocycles. The van der Waals surface area contributed by atoms with Crippen molar-refractivity contribution < 1.29 is 13.2 Å². The fourth-order valence-electron chi connectivity index (χ4n) is 2.04. The lowest BCUT2D eigenvalue weighted by atomic mass is 10.2. The molecular formula is C12H15F3N4S. The van der Waals surface area contributed by atoms with Crippen LogP contribution in [-0.2, 0) is 0 Å². The van der Waals surface area contributed by atoms with Crippen LogP contribution in [0.1, 0.15) is 10.4 Å². The van der Waals surface area contributed by atoms with E-state index in [4.69, 9.17) is 5.73 Å². The summed E-state index contributed by atoms with van der Waals surface area (Å²) in [5.74, 6) is 0.305. The zero-order chi connectivity index (χ0) is 14.9. The van der Waals surface area contributed by atoms with Crippen molar-refractivity contribution in [3.8, 4) is 0 Å². The first-order valence-electron chi connectivity index (χ1n) is 6.06. The van der Waals surface area contributed by atoms with Gasteiger partial charge in [-0.25, -0.2) is 9.97 Å². The second-order valence-electron chi connectivity index (χ2n) is 4.49. The fourth-order valence-corrected chi connectivity index (χ4v) is 3.03. The molecule has 20 heavy (non-hydrogen) atoms. The second-order valence-corrected chi connectivity index (χ2v) is 5.69. The van der Waals surface area contributed by atoms with Crippen molar-refractivity contribution in [1.29, 1.82) is 0 Å². The second kappa shape index (κ2) is 5.53. The number of thiophene rings is 1. The molecule has 4 nitrogen and oxygen atoms in total. The molecule has 2 aromatic heterocycles. The maximum Gasteiger partial charge on any atom is 0.405 e. The van der Waals surface area contributed by atoms with Crippen molar-refractivity contribution in [2.24, 2.45) is 5.73 Å². The molecule has 0 fully saturated rings. The molecule has 0 unspecified atom stereocenters. The van der Waals surface area contributed by atoms with E-state index < -0.39 is 12.7 Å². The van der Waals surface area contributed by atoms with Crippen LogP contribution in [0, 0.1) is 13.8 Å². The Balaban J connectivity index is 2.52. The Morgan fingerprint density at radius 2 is 2.00 bits per heavy atom. The van der Waals surface area contributed by atoms with Crippen molar-refractivity contribution in [3.05, 3.63) is 16.8 Å². The molecule has 0 saturated carbocycles. The zero-order valence-electron chi connectivity index (χ0n) is 11.2. The Labute approximate surface area is 118 Å². The van der Waals surface area contributed by atoms with Crippen LogP contribution in [-0.4, -0.2) is 35.8 Å². The van der Waals surface area contributed by atoms with Gasteiger partial charge in [0.2, 0.25) is 0 Å². The molecule has 2 aromatic rings. The Morgan fingerprint density at radius 1 is 1.30 bits per heavy atom. The Bertz CT molecular complexity index is 609. The standard InChI is InChI=1S/C12H15F3N4S/c1-7-8(2)20-11-9(7)10(17-6-18-11)19(4-3-16)5-12(13,14)15/h6H,3-5,16H2,1-2H3. The SMILES string of the molecule is Cc1sc2ncnc(N(CCN)CC(F)(F)F)c2c1C. The number of fused-ring (bicyclic) bond motifs is 1. The van der Waals surface area contributed by atoms with Gasteiger partial charge in [0.1, 0.15) is 23.5 Å². The molecule has 0 bridgehead atoms. The molecule has 0 aromatic carbocycles. The van der Waals surface area contributed by atoms with Gasteiger partial charge in [0, 0.05) is 18.0 Å². The van der Waals surface area contributed by atoms with E-state index in [2.05, 4.69) is 9.97 Å². The average Bonchev–Trinajstić information content (AvgIpc) is 2.63. The van der Waals surface area contributed by atoms with Gasteiger partial charge < -0.3 is 10.6 Å². The predicted octanol–water partition coefficient (Wildman–Crippen LogP) is 2.64. The first-order chi connectivity index (χ1) is 9.33. The molecule has 0 atom stereocenters. The highest BCUT2D eigenvalue weighted by atomic mass is 32.1. The summed E-state index contributed by atoms with van der Waals surface area (Å²) in [6, 6.07) is 0. The van der Waals surface area contributed by atoms with E-state index in [9.17, 15) is 13.2 Å². The van der Waals surface area contributed by atoms with Crippen LogP contribution >= 0.6 is 11.3 Å². The number of nitrogens with two attached hydrogens (primary N) is 1. The fraction of sp³-hybridized carbons (Fsp3) is 0.500. The molecule has 0 spiro atoms. The topological polar surface area (TPSA) is 55.0 Å². The van der Waals surface area contributed by atoms with Crippen LogP contribution in [0.5, 0.6) is 0 Å². The van der Waals surface area contributed by atoms with Crippen LogP contribution in [0.4, 0.5) is 19.0 Å². The van der Waals surface area contributed by atoms with E-state index in [1.807, 2.05) is 13.8 Å². The van der Waals surface area contributed by atoms with Gasteiger partial charge in [0.15, 0.2) is 0 Å². The molecule has 2 rings (SSSR count). The van der Waals surface area contributed by atoms with Crippen LogP contribution in [0.3, 0.4) is 0 Å². The number of aromatic nitrogens is 2. The third kappa shape index (κ3) is 3.01. The molecular weight excluding hydrogens is 289 g/mol. The van der Waals surface area contributed by atoms with Gasteiger partial charge in [-0.3, -0.25) is 0 Å². The van der Waals surface area contributed by atoms with Crippen molar-refractivity contribution in [2.45, 2.75) is 20.0 Å². The summed E-state index contributed by atoms with van der Waals surface area (Å²) >= 11 is 1.46. The van der Waals surface area contributed by atoms with E-state index in [1.165, 1.54) is 22.6 Å². The summed E-state index contributed by atoms with van der Waals surface area (Å²) in [6.07, 6.45) is -3.00. The number of nitrogens with zero attached hydrogens (tertiary/aromatic N) is 3. The summed E-state index contributed by atoms with van der Waals surface area (Å²) < 4.78 is 38.1. The lowest BCUT2D eigenvalue weighted by molar-refractivity contribution is -0.119. The largest absolute Gasteiger partial charge is 0.405 e. The van der Waals surface area contributed by atoms with Crippen LogP contribution < -0.4 is 10.6 Å². The van der Waals surface area contributed by atoms with Gasteiger partial charge in [0.25, 0.3) is 0 Å². The van der Waals surface area contributed by atoms with Crippen LogP contribution in [0.2, 0.25) is 0 Å². The average molecular weight is 304 g/mol. The molecule has 110 valence electrons. The minimum absolute atomic E-state index is 0.0972. The highest BCUT2D eigenvalue weighted by Gasteiger charge is 2.32. The number of rotatable bonds is 4. The van der Waals surface area contributed by atoms with Gasteiger partial charge in [0.05, 0.1) is 5.39 Å². The van der Waals surface area contributed by atoms with E-state index in [-0.39, 0.29) is 13.1 Å². The smallest absolute Gasteiger partial charge is 0.346 e. The van der Waals surface area contributed by atoms with Gasteiger partial charge in [-0.05, 0) is 19.4 Å². The maximum atomic E-state index is 12.7. The lowest BCUT2D eigenvalue weighted by Crippen LogP contribution is -2.38. The van der Waals surface area contributed by atoms with Crippen LogP contribution in [0.15, 0.2) is 6.33 Å². The normalized spacial score (nSPS) is 12.1. The van der Waals surface area contributed by atoms with Gasteiger partial charge >= 0.3 is 6.18 Å². The van der Waals surface area contributed by atoms with Crippen molar-refractivity contribution >= 4 is 27.4 Å². The minimum Gasteiger partial charge on any atom is -0.346 e. The van der Waals surface area contributed by atoms with E-state index in [0.29, 0.717) is 16.0 Å². The molecule has 0 radical (unpaired) electrons. The monoisotopic (exact) mass is 304 g/mol. The molecule has 0 aliphatic rings. The van der Waals surface area contributed by atoms with Crippen LogP contribution in [0.25, 0.3) is 10.2 Å². The van der Waals surface area contributed by atoms with Crippen molar-refractivity contribution in [2.75, 3.05) is 24.5 Å². The summed E-state index contributed by atoms with van der Waals surface area (Å²) in [5, 5.41) is 0.688. The van der Waals surface area contributed by atoms with Crippen molar-refractivity contribution in [3.63, 3.8) is 0 Å². The Hall–Kier alpha value is -1.41. The summed E-state index contributed by atoms with van der Waals surface area (Å²) in [6.45, 7) is 2.95. The van der Waals surface area contributed by atoms with Gasteiger partial charge in [-0.2, -0.15) is 13.2 Å². The maximum absolute atomic E-state index is 12.7. The lowest BCUT2D eigenvalue weighted by Gasteiger charge is -2.25. The van der Waals surface area contributed by atoms with E-state index >= 15 is 0 Å². The minimum atomic E-state index is -4.30. The third-order valence-corrected chi connectivity index (χ3v) is 4.13. The number of hydrogen-bond acceptors (Lipinski definition) is 5. The first-order valence-corrected chi connectivity index (χ1v) is 6.87. The highest BCUT2D eigenvalue weighted by Crippen LogP contribution is 2.35. The number of hydrogen-bond donors (Lipinski definition) is 1. The molecule has 8 heteroatoms. The number of halogens is 3. The van der Waals surface area contributed by atoms with Crippen molar-refractivity contribution in [1.82, 2.24) is 9.97 Å². The van der Waals surface area contributed by atoms with E-state index in [1.54, 1.807) is 0 Å². The predicted molar refractivity (Wildman–Crippen MR) is 74.2 cm³/mol. The van der Waals surface area contributed by atoms with Gasteiger partial charge in [-0.1, -0.05) is 0 Å². The summed E-state index contributed by atoms with van der Waals surface area (Å²) in [7, 11) is 0. The molecule has 2 heterocycles. The number of alkyl halides is 3. The quantitative estimate of drug-likeness (QED) is 0.943. The van der Waals surface area contributed by atoms with Gasteiger partial charge in [-0.15, -0.1) is 11.3 Å². The highest BCUT2D eigenvalue weighted by molar-refractivity contribution is 7.18. The number of aryl methyl sites for hydroxylation is 2. The zero-order valence-corrected chi connectivity index (χ0v) is 12.0. The molecule has 0 amide bonds. The molecule has 0 aliphatic carbocycles. The first kappa shape index (κ1) is 15.0.